The van der Waals surface area contributed by atoms with Gasteiger partial charge in [0, 0.05) is 30.9 Å². The third kappa shape index (κ3) is 7.14. The fourth-order valence-electron chi connectivity index (χ4n) is 4.42. The number of aliphatic hydroxyl groups is 1. The number of nitrogens with one attached hydrogen (secondary N) is 2. The number of nitrogens with zero attached hydrogens (tertiary/aromatic N) is 2. The molecule has 0 unspecified atom stereocenters. The maximum atomic E-state index is 13.6. The van der Waals surface area contributed by atoms with Crippen molar-refractivity contribution in [3.8, 4) is 5.75 Å². The van der Waals surface area contributed by atoms with Crippen LogP contribution in [0, 0.1) is 11.7 Å². The van der Waals surface area contributed by atoms with Crippen LogP contribution in [0.1, 0.15) is 24.2 Å². The maximum absolute atomic E-state index is 13.6. The fourth-order valence-corrected chi connectivity index (χ4v) is 5.47. The van der Waals surface area contributed by atoms with E-state index in [1.807, 2.05) is 25.1 Å². The third-order valence-electron chi connectivity index (χ3n) is 6.87. The SMILES string of the molecule is C[C@H]1CN([C@@H](C)CO)C(=O)c2cc(NS(=O)(=O)c3ccc(F)cc3)ccc2O[C@@H]1CN(C)C(=O)Nc1ccccc1. The molecule has 41 heavy (non-hydrogen) atoms. The van der Waals surface area contributed by atoms with Crippen molar-refractivity contribution >= 4 is 33.3 Å². The van der Waals surface area contributed by atoms with Crippen LogP contribution in [0.5, 0.6) is 5.75 Å². The zero-order chi connectivity index (χ0) is 29.7. The molecule has 0 aromatic heterocycles. The molecule has 12 heteroatoms. The summed E-state index contributed by atoms with van der Waals surface area (Å²) in [5.41, 5.74) is 0.842. The van der Waals surface area contributed by atoms with E-state index < -0.39 is 33.9 Å². The van der Waals surface area contributed by atoms with Crippen molar-refractivity contribution in [3.63, 3.8) is 0 Å². The van der Waals surface area contributed by atoms with Crippen molar-refractivity contribution in [1.29, 1.82) is 0 Å². The van der Waals surface area contributed by atoms with E-state index in [1.54, 1.807) is 26.1 Å². The van der Waals surface area contributed by atoms with Gasteiger partial charge in [0.15, 0.2) is 0 Å². The van der Waals surface area contributed by atoms with Gasteiger partial charge < -0.3 is 25.0 Å². The largest absolute Gasteiger partial charge is 0.487 e. The van der Waals surface area contributed by atoms with Gasteiger partial charge in [-0.25, -0.2) is 17.6 Å². The van der Waals surface area contributed by atoms with E-state index in [1.165, 1.54) is 28.0 Å². The highest BCUT2D eigenvalue weighted by Gasteiger charge is 2.34. The molecule has 0 fully saturated rings. The van der Waals surface area contributed by atoms with Gasteiger partial charge in [0.1, 0.15) is 17.7 Å². The molecule has 0 saturated heterocycles. The summed E-state index contributed by atoms with van der Waals surface area (Å²) in [6, 6.07) is 16.8. The van der Waals surface area contributed by atoms with E-state index >= 15 is 0 Å². The minimum atomic E-state index is -4.07. The Kier molecular flexibility index (Phi) is 9.14. The Labute approximate surface area is 238 Å². The number of ether oxygens (including phenoxy) is 1. The minimum absolute atomic E-state index is 0.0953. The summed E-state index contributed by atoms with van der Waals surface area (Å²) in [5.74, 6) is -1.03. The molecular formula is C29H33FN4O6S. The standard InChI is InChI=1S/C29H33FN4O6S/c1-19-16-34(20(2)18-35)28(36)25-15-23(32-41(38,39)24-12-9-21(30)10-13-24)11-14-26(25)40-27(19)17-33(3)29(37)31-22-7-5-4-6-8-22/h4-15,19-20,27,32,35H,16-18H2,1-3H3,(H,31,37)/t19-,20-,27+/m0/s1. The van der Waals surface area contributed by atoms with E-state index in [9.17, 15) is 27.5 Å². The second-order valence-electron chi connectivity index (χ2n) is 10.1. The lowest BCUT2D eigenvalue weighted by Gasteiger charge is -2.38. The summed E-state index contributed by atoms with van der Waals surface area (Å²) in [4.78, 5) is 29.4. The molecule has 3 N–H and O–H groups in total. The average molecular weight is 585 g/mol. The molecule has 3 aromatic carbocycles. The number of likely N-dealkylation sites (N-methyl/N-ethyl adjacent to an activating group) is 1. The zero-order valence-corrected chi connectivity index (χ0v) is 23.8. The molecule has 0 spiro atoms. The maximum Gasteiger partial charge on any atom is 0.321 e. The lowest BCUT2D eigenvalue weighted by atomic mass is 9.99. The molecule has 10 nitrogen and oxygen atoms in total. The number of rotatable bonds is 8. The van der Waals surface area contributed by atoms with E-state index in [4.69, 9.17) is 4.74 Å². The van der Waals surface area contributed by atoms with Gasteiger partial charge in [-0.05, 0) is 61.5 Å². The Hall–Kier alpha value is -4.16. The number of halogens is 1. The quantitative estimate of drug-likeness (QED) is 0.367. The first-order valence-electron chi connectivity index (χ1n) is 13.1. The summed E-state index contributed by atoms with van der Waals surface area (Å²) in [7, 11) is -2.43. The predicted molar refractivity (Wildman–Crippen MR) is 153 cm³/mol. The summed E-state index contributed by atoms with van der Waals surface area (Å²) in [6.07, 6.45) is -0.538. The second kappa shape index (κ2) is 12.6. The summed E-state index contributed by atoms with van der Waals surface area (Å²) in [5, 5.41) is 12.7. The van der Waals surface area contributed by atoms with Crippen LogP contribution in [0.2, 0.25) is 0 Å². The highest BCUT2D eigenvalue weighted by Crippen LogP contribution is 2.31. The van der Waals surface area contributed by atoms with Crippen molar-refractivity contribution < 1.29 is 32.2 Å². The molecule has 4 rings (SSSR count). The monoisotopic (exact) mass is 584 g/mol. The van der Waals surface area contributed by atoms with Crippen LogP contribution in [0.3, 0.4) is 0 Å². The van der Waals surface area contributed by atoms with Crippen LogP contribution in [-0.2, 0) is 10.0 Å². The number of aliphatic hydroxyl groups excluding tert-OH is 1. The van der Waals surface area contributed by atoms with Crippen LogP contribution >= 0.6 is 0 Å². The number of urea groups is 1. The van der Waals surface area contributed by atoms with E-state index in [0.29, 0.717) is 5.69 Å². The molecule has 0 saturated carbocycles. The highest BCUT2D eigenvalue weighted by atomic mass is 32.2. The average Bonchev–Trinajstić information content (AvgIpc) is 2.95. The number of hydrogen-bond acceptors (Lipinski definition) is 6. The van der Waals surface area contributed by atoms with Crippen LogP contribution in [0.25, 0.3) is 0 Å². The molecule has 3 amide bonds. The molecule has 3 atom stereocenters. The van der Waals surface area contributed by atoms with Crippen molar-refractivity contribution in [2.24, 2.45) is 5.92 Å². The molecule has 0 aliphatic carbocycles. The number of amides is 3. The number of para-hydroxylation sites is 1. The highest BCUT2D eigenvalue weighted by molar-refractivity contribution is 7.92. The van der Waals surface area contributed by atoms with Crippen molar-refractivity contribution in [1.82, 2.24) is 9.80 Å². The van der Waals surface area contributed by atoms with Gasteiger partial charge in [-0.2, -0.15) is 0 Å². The smallest absolute Gasteiger partial charge is 0.321 e. The Morgan fingerprint density at radius 1 is 1.12 bits per heavy atom. The van der Waals surface area contributed by atoms with Gasteiger partial charge in [0.25, 0.3) is 15.9 Å². The van der Waals surface area contributed by atoms with Crippen LogP contribution < -0.4 is 14.8 Å². The first-order chi connectivity index (χ1) is 19.5. The van der Waals surface area contributed by atoms with Gasteiger partial charge in [-0.15, -0.1) is 0 Å². The predicted octanol–water partition coefficient (Wildman–Crippen LogP) is 4.01. The third-order valence-corrected chi connectivity index (χ3v) is 8.26. The number of fused-ring (bicyclic) bond motifs is 1. The molecule has 218 valence electrons. The molecule has 1 aliphatic rings. The number of carbonyl (C=O) groups is 2. The lowest BCUT2D eigenvalue weighted by molar-refractivity contribution is 0.0371. The van der Waals surface area contributed by atoms with Crippen LogP contribution in [0.15, 0.2) is 77.7 Å². The Bertz CT molecular complexity index is 1490. The van der Waals surface area contributed by atoms with Gasteiger partial charge in [-0.3, -0.25) is 9.52 Å². The molecular weight excluding hydrogens is 551 g/mol. The summed E-state index contributed by atoms with van der Waals surface area (Å²) in [6.45, 7) is 3.74. The van der Waals surface area contributed by atoms with Crippen molar-refractivity contribution in [2.45, 2.75) is 30.9 Å². The first-order valence-corrected chi connectivity index (χ1v) is 14.5. The van der Waals surface area contributed by atoms with Gasteiger partial charge >= 0.3 is 6.03 Å². The van der Waals surface area contributed by atoms with Gasteiger partial charge in [0.2, 0.25) is 0 Å². The van der Waals surface area contributed by atoms with Crippen molar-refractivity contribution in [3.05, 3.63) is 84.2 Å². The fraction of sp³-hybridized carbons (Fsp3) is 0.310. The number of sulfonamides is 1. The molecule has 0 bridgehead atoms. The summed E-state index contributed by atoms with van der Waals surface area (Å²) < 4.78 is 47.8. The number of benzene rings is 3. The Morgan fingerprint density at radius 3 is 2.46 bits per heavy atom. The van der Waals surface area contributed by atoms with Gasteiger partial charge in [0.05, 0.1) is 29.7 Å². The Balaban J connectivity index is 1.62. The van der Waals surface area contributed by atoms with E-state index in [-0.39, 0.29) is 53.5 Å². The van der Waals surface area contributed by atoms with E-state index in [0.717, 1.165) is 24.3 Å². The lowest BCUT2D eigenvalue weighted by Crippen LogP contribution is -2.50. The summed E-state index contributed by atoms with van der Waals surface area (Å²) >= 11 is 0. The number of hydrogen-bond donors (Lipinski definition) is 3. The number of carbonyl (C=O) groups excluding carboxylic acids is 2. The minimum Gasteiger partial charge on any atom is -0.487 e. The molecule has 3 aromatic rings. The molecule has 1 heterocycles. The van der Waals surface area contributed by atoms with Gasteiger partial charge in [-0.1, -0.05) is 25.1 Å². The number of anilines is 2. The second-order valence-corrected chi connectivity index (χ2v) is 11.8. The van der Waals surface area contributed by atoms with Crippen LogP contribution in [0.4, 0.5) is 20.6 Å². The molecule has 1 aliphatic heterocycles. The molecule has 0 radical (unpaired) electrons. The van der Waals surface area contributed by atoms with Crippen LogP contribution in [-0.4, -0.2) is 74.2 Å². The zero-order valence-electron chi connectivity index (χ0n) is 23.0. The topological polar surface area (TPSA) is 128 Å². The Morgan fingerprint density at radius 2 is 1.80 bits per heavy atom. The first kappa shape index (κ1) is 29.8. The normalized spacial score (nSPS) is 17.9. The van der Waals surface area contributed by atoms with Crippen molar-refractivity contribution in [2.75, 3.05) is 36.8 Å². The van der Waals surface area contributed by atoms with E-state index in [2.05, 4.69) is 10.0 Å².